The van der Waals surface area contributed by atoms with E-state index in [0.29, 0.717) is 24.4 Å². The van der Waals surface area contributed by atoms with Gasteiger partial charge in [0.25, 0.3) is 5.91 Å². The minimum atomic E-state index is -0.0514. The van der Waals surface area contributed by atoms with Crippen molar-refractivity contribution < 1.29 is 9.53 Å². The molecule has 0 radical (unpaired) electrons. The molecule has 7 nitrogen and oxygen atoms in total. The fourth-order valence-corrected chi connectivity index (χ4v) is 3.68. The van der Waals surface area contributed by atoms with E-state index < -0.39 is 0 Å². The number of hydrogen-bond donors (Lipinski definition) is 3. The Kier molecular flexibility index (Phi) is 8.81. The number of likely N-dealkylation sites (tertiary alicyclic amines) is 1. The Bertz CT molecular complexity index is 697. The number of ether oxygens (including phenoxy) is 1. The Labute approximate surface area is 180 Å². The standard InChI is InChI=1S/C23H37N5O2/c1-3-12-28-13-10-20(11-14-28)27-23(24-4-2)25-16-18-6-5-7-21(15-18)30-17-22(29)26-19-8-9-19/h5-7,15,19-20H,3-4,8-14,16-17H2,1-2H3,(H,26,29)(H2,24,25,27). The summed E-state index contributed by atoms with van der Waals surface area (Å²) in [6, 6.07) is 8.65. The second kappa shape index (κ2) is 11.8. The van der Waals surface area contributed by atoms with E-state index in [1.54, 1.807) is 0 Å². The van der Waals surface area contributed by atoms with E-state index in [1.807, 2.05) is 24.3 Å². The van der Waals surface area contributed by atoms with Crippen molar-refractivity contribution >= 4 is 11.9 Å². The Morgan fingerprint density at radius 1 is 1.13 bits per heavy atom. The number of hydrogen-bond acceptors (Lipinski definition) is 4. The number of aliphatic imine (C=N–C) groups is 1. The molecule has 1 amide bonds. The van der Waals surface area contributed by atoms with Gasteiger partial charge in [0.15, 0.2) is 12.6 Å². The topological polar surface area (TPSA) is 78.0 Å². The molecule has 1 aliphatic heterocycles. The zero-order valence-corrected chi connectivity index (χ0v) is 18.5. The van der Waals surface area contributed by atoms with Crippen LogP contribution in [0.4, 0.5) is 0 Å². The van der Waals surface area contributed by atoms with Crippen molar-refractivity contribution in [3.05, 3.63) is 29.8 Å². The van der Waals surface area contributed by atoms with Crippen LogP contribution in [0.2, 0.25) is 0 Å². The van der Waals surface area contributed by atoms with Crippen molar-refractivity contribution in [2.75, 3.05) is 32.8 Å². The first-order valence-electron chi connectivity index (χ1n) is 11.4. The van der Waals surface area contributed by atoms with Crippen molar-refractivity contribution in [1.29, 1.82) is 0 Å². The van der Waals surface area contributed by atoms with E-state index in [2.05, 4.69) is 34.7 Å². The van der Waals surface area contributed by atoms with Gasteiger partial charge in [-0.05, 0) is 63.3 Å². The van der Waals surface area contributed by atoms with Crippen LogP contribution < -0.4 is 20.7 Å². The van der Waals surface area contributed by atoms with E-state index in [0.717, 1.165) is 56.8 Å². The second-order valence-electron chi connectivity index (χ2n) is 8.23. The molecule has 0 spiro atoms. The van der Waals surface area contributed by atoms with Crippen molar-refractivity contribution in [2.45, 2.75) is 64.6 Å². The molecule has 30 heavy (non-hydrogen) atoms. The quantitative estimate of drug-likeness (QED) is 0.404. The lowest BCUT2D eigenvalue weighted by Gasteiger charge is -2.32. The first-order chi connectivity index (χ1) is 14.7. The average Bonchev–Trinajstić information content (AvgIpc) is 3.56. The third kappa shape index (κ3) is 7.86. The van der Waals surface area contributed by atoms with Crippen molar-refractivity contribution in [3.8, 4) is 5.75 Å². The van der Waals surface area contributed by atoms with E-state index >= 15 is 0 Å². The van der Waals surface area contributed by atoms with Gasteiger partial charge in [-0.15, -0.1) is 0 Å². The molecule has 1 heterocycles. The number of nitrogens with one attached hydrogen (secondary N) is 3. The number of piperidine rings is 1. The van der Waals surface area contributed by atoms with E-state index in [-0.39, 0.29) is 12.5 Å². The van der Waals surface area contributed by atoms with Gasteiger partial charge in [0.05, 0.1) is 6.54 Å². The molecule has 3 N–H and O–H groups in total. The van der Waals surface area contributed by atoms with Gasteiger partial charge in [-0.2, -0.15) is 0 Å². The highest BCUT2D eigenvalue weighted by Gasteiger charge is 2.23. The molecular weight excluding hydrogens is 378 g/mol. The SMILES string of the molecule is CCCN1CCC(NC(=NCc2cccc(OCC(=O)NC3CC3)c2)NCC)CC1. The van der Waals surface area contributed by atoms with E-state index in [9.17, 15) is 4.79 Å². The molecule has 166 valence electrons. The minimum Gasteiger partial charge on any atom is -0.484 e. The number of amides is 1. The van der Waals surface area contributed by atoms with Crippen LogP contribution >= 0.6 is 0 Å². The number of carbonyl (C=O) groups is 1. The van der Waals surface area contributed by atoms with Crippen LogP contribution in [0.1, 0.15) is 51.5 Å². The Balaban J connectivity index is 1.48. The summed E-state index contributed by atoms with van der Waals surface area (Å²) in [7, 11) is 0. The third-order valence-electron chi connectivity index (χ3n) is 5.44. The first-order valence-corrected chi connectivity index (χ1v) is 11.4. The molecule has 3 rings (SSSR count). The lowest BCUT2D eigenvalue weighted by atomic mass is 10.1. The number of guanidine groups is 1. The maximum atomic E-state index is 11.8. The molecule has 1 aliphatic carbocycles. The van der Waals surface area contributed by atoms with Gasteiger partial charge >= 0.3 is 0 Å². The second-order valence-corrected chi connectivity index (χ2v) is 8.23. The highest BCUT2D eigenvalue weighted by atomic mass is 16.5. The lowest BCUT2D eigenvalue weighted by Crippen LogP contribution is -2.48. The average molecular weight is 416 g/mol. The number of benzene rings is 1. The van der Waals surface area contributed by atoms with Gasteiger partial charge in [0, 0.05) is 31.7 Å². The summed E-state index contributed by atoms with van der Waals surface area (Å²) in [5.41, 5.74) is 1.06. The predicted octanol–water partition coefficient (Wildman–Crippen LogP) is 2.27. The summed E-state index contributed by atoms with van der Waals surface area (Å²) in [6.07, 6.45) is 5.68. The van der Waals surface area contributed by atoms with Crippen LogP contribution in [0.15, 0.2) is 29.3 Å². The smallest absolute Gasteiger partial charge is 0.258 e. The van der Waals surface area contributed by atoms with Gasteiger partial charge in [-0.1, -0.05) is 19.1 Å². The molecule has 1 saturated carbocycles. The Hall–Kier alpha value is -2.28. The normalized spacial score (nSPS) is 18.1. The fraction of sp³-hybridized carbons (Fsp3) is 0.652. The summed E-state index contributed by atoms with van der Waals surface area (Å²) in [6.45, 7) is 9.28. The Morgan fingerprint density at radius 2 is 1.90 bits per heavy atom. The Morgan fingerprint density at radius 3 is 2.60 bits per heavy atom. The molecule has 1 aromatic carbocycles. The van der Waals surface area contributed by atoms with Gasteiger partial charge in [-0.3, -0.25) is 4.79 Å². The highest BCUT2D eigenvalue weighted by molar-refractivity contribution is 5.80. The van der Waals surface area contributed by atoms with Crippen LogP contribution in [0, 0.1) is 0 Å². The molecule has 0 atom stereocenters. The number of carbonyl (C=O) groups excluding carboxylic acids is 1. The first kappa shape index (κ1) is 22.4. The zero-order chi connectivity index (χ0) is 21.2. The van der Waals surface area contributed by atoms with E-state index in [4.69, 9.17) is 9.73 Å². The predicted molar refractivity (Wildman–Crippen MR) is 121 cm³/mol. The molecule has 0 unspecified atom stereocenters. The summed E-state index contributed by atoms with van der Waals surface area (Å²) >= 11 is 0. The summed E-state index contributed by atoms with van der Waals surface area (Å²) in [5, 5.41) is 9.89. The monoisotopic (exact) mass is 415 g/mol. The van der Waals surface area contributed by atoms with Gasteiger partial charge in [-0.25, -0.2) is 4.99 Å². The molecular formula is C23H37N5O2. The molecule has 2 aliphatic rings. The van der Waals surface area contributed by atoms with Crippen LogP contribution in [-0.2, 0) is 11.3 Å². The molecule has 7 heteroatoms. The largest absolute Gasteiger partial charge is 0.484 e. The van der Waals surface area contributed by atoms with Crippen molar-refractivity contribution in [1.82, 2.24) is 20.9 Å². The van der Waals surface area contributed by atoms with Gasteiger partial charge < -0.3 is 25.6 Å². The highest BCUT2D eigenvalue weighted by Crippen LogP contribution is 2.19. The lowest BCUT2D eigenvalue weighted by molar-refractivity contribution is -0.123. The van der Waals surface area contributed by atoms with Crippen molar-refractivity contribution in [2.24, 2.45) is 4.99 Å². The van der Waals surface area contributed by atoms with Gasteiger partial charge in [0.1, 0.15) is 5.75 Å². The third-order valence-corrected chi connectivity index (χ3v) is 5.44. The van der Waals surface area contributed by atoms with E-state index in [1.165, 1.54) is 13.0 Å². The number of rotatable bonds is 10. The molecule has 1 aromatic rings. The van der Waals surface area contributed by atoms with Crippen LogP contribution in [0.5, 0.6) is 5.75 Å². The molecule has 1 saturated heterocycles. The van der Waals surface area contributed by atoms with Crippen LogP contribution in [0.25, 0.3) is 0 Å². The maximum Gasteiger partial charge on any atom is 0.258 e. The maximum absolute atomic E-state index is 11.8. The van der Waals surface area contributed by atoms with Gasteiger partial charge in [0.2, 0.25) is 0 Å². The summed E-state index contributed by atoms with van der Waals surface area (Å²) in [4.78, 5) is 19.1. The van der Waals surface area contributed by atoms with Crippen molar-refractivity contribution in [3.63, 3.8) is 0 Å². The summed E-state index contributed by atoms with van der Waals surface area (Å²) in [5.74, 6) is 1.51. The van der Waals surface area contributed by atoms with Crippen LogP contribution in [0.3, 0.4) is 0 Å². The number of nitrogens with zero attached hydrogens (tertiary/aromatic N) is 2. The summed E-state index contributed by atoms with van der Waals surface area (Å²) < 4.78 is 5.65. The fourth-order valence-electron chi connectivity index (χ4n) is 3.68. The molecule has 0 aromatic heterocycles. The zero-order valence-electron chi connectivity index (χ0n) is 18.5. The molecule has 0 bridgehead atoms. The molecule has 2 fully saturated rings. The van der Waals surface area contributed by atoms with Crippen LogP contribution in [-0.4, -0.2) is 61.6 Å². The minimum absolute atomic E-state index is 0.0514.